The van der Waals surface area contributed by atoms with E-state index in [0.29, 0.717) is 12.0 Å². The van der Waals surface area contributed by atoms with Gasteiger partial charge < -0.3 is 67.2 Å². The largest absolute Gasteiger partial charge is 0.507 e. The minimum Gasteiger partial charge on any atom is -0.507 e. The lowest BCUT2D eigenvalue weighted by atomic mass is 9.89. The number of halogens is 1. The van der Waals surface area contributed by atoms with E-state index >= 15 is 0 Å². The highest BCUT2D eigenvalue weighted by Gasteiger charge is 2.35. The standard InChI is InChI=1S/C51H75N5O13.C3H7NO3.ClH/c1-6-7-8-9-10-11-12-13-14-15-16-17-18-19-45(63)55(4)39(31-57)50(67)53-33(3)40(58)24-25-46(64)56(5)47-35-21-23-42(60)37(29-35)36-27-34(20-22-41(36)59)28-38(49(66)52-30-44(62)51(68)69)54-48(65)32(2)26-43(47)61;4-1-2(5)3(6)7;/h20-23,27,29,32-33,38-39,44,47,57,59-60,62H,6-19,24-26,28,30-31H2,1-5H3,(H,52,66)(H,53,67)(H,54,65)(H,68,69);2,5H,1,4H2,(H,6,7);1H/t32-,33-,38+,39-,44?,47+;;/m1../s1. The van der Waals surface area contributed by atoms with E-state index < -0.39 is 115 Å². The van der Waals surface area contributed by atoms with Gasteiger partial charge in [-0.1, -0.05) is 103 Å². The SMILES string of the molecule is CCCCCCCCCCCCCCCC(=O)N(C)[C@H](CO)C(=O)N[C@H](C)C(=O)CCC(=O)N(C)[C@@H]1C(=O)C[C@@H](C)C(=O)N[C@H](C(=O)NCC(O)C(=O)O)Cc2ccc(O)c(c2)-c2cc1ccc2O.Cl.NCC(O)C(=O)O. The molecule has 1 heterocycles. The Balaban J connectivity index is 0.00000345. The van der Waals surface area contributed by atoms with Crippen molar-refractivity contribution in [1.82, 2.24) is 25.8 Å². The molecule has 1 aliphatic heterocycles. The molecule has 23 heteroatoms. The molecule has 0 aromatic heterocycles. The summed E-state index contributed by atoms with van der Waals surface area (Å²) in [5.41, 5.74) is 5.51. The number of carboxylic acids is 2. The minimum absolute atomic E-state index is 0. The highest BCUT2D eigenvalue weighted by atomic mass is 35.5. The molecular formula is C54H83ClN6O16. The van der Waals surface area contributed by atoms with E-state index in [-0.39, 0.29) is 72.3 Å². The van der Waals surface area contributed by atoms with Crippen LogP contribution in [0, 0.1) is 5.92 Å². The number of hydrogen-bond donors (Lipinski definition) is 11. The van der Waals surface area contributed by atoms with Crippen LogP contribution >= 0.6 is 12.4 Å². The first-order chi connectivity index (χ1) is 36.0. The maximum absolute atomic E-state index is 14.2. The Morgan fingerprint density at radius 3 is 1.79 bits per heavy atom. The minimum atomic E-state index is -1.92. The Morgan fingerprint density at radius 2 is 1.27 bits per heavy atom. The van der Waals surface area contributed by atoms with Gasteiger partial charge in [0, 0.05) is 69.8 Å². The average molecular weight is 1110 g/mol. The molecule has 432 valence electrons. The number of nitrogens with two attached hydrogens (primary N) is 1. The van der Waals surface area contributed by atoms with Crippen LogP contribution in [0.3, 0.4) is 0 Å². The fraction of sp³-hybridized carbons (Fsp3) is 0.611. The number of ketones is 2. The second-order valence-corrected chi connectivity index (χ2v) is 19.5. The Bertz CT molecular complexity index is 2270. The molecule has 0 aliphatic carbocycles. The van der Waals surface area contributed by atoms with Gasteiger partial charge >= 0.3 is 11.9 Å². The number of aromatic hydroxyl groups is 2. The molecule has 0 saturated carbocycles. The van der Waals surface area contributed by atoms with Crippen molar-refractivity contribution in [2.75, 3.05) is 33.8 Å². The van der Waals surface area contributed by atoms with E-state index in [1.54, 1.807) is 0 Å². The molecule has 77 heavy (non-hydrogen) atoms. The average Bonchev–Trinajstić information content (AvgIpc) is 3.38. The fourth-order valence-electron chi connectivity index (χ4n) is 8.45. The van der Waals surface area contributed by atoms with Crippen LogP contribution in [0.25, 0.3) is 11.1 Å². The van der Waals surface area contributed by atoms with Gasteiger partial charge in [-0.05, 0) is 48.7 Å². The Hall–Kier alpha value is -6.20. The predicted molar refractivity (Wildman–Crippen MR) is 288 cm³/mol. The maximum atomic E-state index is 14.2. The molecule has 22 nitrogen and oxygen atoms in total. The summed E-state index contributed by atoms with van der Waals surface area (Å²) in [4.78, 5) is 117. The van der Waals surface area contributed by atoms with E-state index in [9.17, 15) is 63.6 Å². The predicted octanol–water partition coefficient (Wildman–Crippen LogP) is 3.43. The third-order valence-corrected chi connectivity index (χ3v) is 13.3. The quantitative estimate of drug-likeness (QED) is 0.0520. The van der Waals surface area contributed by atoms with Gasteiger partial charge in [0.25, 0.3) is 0 Å². The van der Waals surface area contributed by atoms with E-state index in [2.05, 4.69) is 22.9 Å². The Morgan fingerprint density at radius 1 is 0.740 bits per heavy atom. The Kier molecular flexibility index (Phi) is 32.2. The molecule has 4 bridgehead atoms. The van der Waals surface area contributed by atoms with Crippen LogP contribution in [0.15, 0.2) is 36.4 Å². The number of phenolic OH excluding ortho intramolecular Hbond substituents is 2. The summed E-state index contributed by atoms with van der Waals surface area (Å²) in [6.07, 6.45) is 10.6. The number of aliphatic hydroxyl groups is 3. The van der Waals surface area contributed by atoms with Gasteiger partial charge in [-0.15, -0.1) is 12.4 Å². The van der Waals surface area contributed by atoms with Crippen LogP contribution in [0.4, 0.5) is 0 Å². The topological polar surface area (TPSA) is 364 Å². The molecule has 7 atom stereocenters. The van der Waals surface area contributed by atoms with Gasteiger partial charge in [-0.25, -0.2) is 9.59 Å². The van der Waals surface area contributed by atoms with E-state index in [1.807, 2.05) is 0 Å². The van der Waals surface area contributed by atoms with Crippen molar-refractivity contribution in [2.45, 2.75) is 173 Å². The molecule has 2 aromatic rings. The summed E-state index contributed by atoms with van der Waals surface area (Å²) in [5, 5.41) is 74.3. The van der Waals surface area contributed by atoms with Crippen molar-refractivity contribution >= 4 is 65.4 Å². The summed E-state index contributed by atoms with van der Waals surface area (Å²) in [6, 6.07) is 3.28. The van der Waals surface area contributed by atoms with Crippen LogP contribution in [-0.4, -0.2) is 163 Å². The number of hydrogen-bond acceptors (Lipinski definition) is 15. The van der Waals surface area contributed by atoms with Crippen molar-refractivity contribution in [1.29, 1.82) is 0 Å². The number of nitrogens with one attached hydrogen (secondary N) is 3. The Labute approximate surface area is 456 Å². The molecule has 0 saturated heterocycles. The number of benzene rings is 2. The second kappa shape index (κ2) is 36.0. The summed E-state index contributed by atoms with van der Waals surface area (Å²) in [7, 11) is 2.76. The number of rotatable bonds is 29. The van der Waals surface area contributed by atoms with Crippen LogP contribution < -0.4 is 21.7 Å². The molecule has 0 radical (unpaired) electrons. The first kappa shape index (κ1) is 68.8. The number of aliphatic hydroxyl groups excluding tert-OH is 3. The fourth-order valence-corrected chi connectivity index (χ4v) is 8.45. The van der Waals surface area contributed by atoms with Gasteiger partial charge in [0.15, 0.2) is 23.8 Å². The lowest BCUT2D eigenvalue weighted by molar-refractivity contribution is -0.147. The zero-order chi connectivity index (χ0) is 57.1. The first-order valence-electron chi connectivity index (χ1n) is 26.2. The second-order valence-electron chi connectivity index (χ2n) is 19.5. The number of carbonyl (C=O) groups is 9. The van der Waals surface area contributed by atoms with Gasteiger partial charge in [0.2, 0.25) is 29.5 Å². The number of fused-ring (bicyclic) bond motifs is 5. The molecule has 12 N–H and O–H groups in total. The highest BCUT2D eigenvalue weighted by molar-refractivity contribution is 5.97. The number of Topliss-reactive ketones (excluding diaryl/α,β-unsaturated/α-hetero) is 2. The van der Waals surface area contributed by atoms with Gasteiger partial charge in [0.1, 0.15) is 29.6 Å². The van der Waals surface area contributed by atoms with Gasteiger partial charge in [0.05, 0.1) is 19.2 Å². The van der Waals surface area contributed by atoms with Crippen LogP contribution in [-0.2, 0) is 49.6 Å². The number of unbranched alkanes of at least 4 members (excludes halogenated alkanes) is 12. The smallest absolute Gasteiger partial charge is 0.334 e. The van der Waals surface area contributed by atoms with E-state index in [4.69, 9.17) is 21.1 Å². The molecule has 2 aromatic carbocycles. The number of carbonyl (C=O) groups excluding carboxylic acids is 7. The molecule has 5 amide bonds. The van der Waals surface area contributed by atoms with Crippen molar-refractivity contribution < 1.29 is 78.9 Å². The lowest BCUT2D eigenvalue weighted by Crippen LogP contribution is -2.53. The van der Waals surface area contributed by atoms with Gasteiger partial charge in [-0.2, -0.15) is 0 Å². The number of amides is 5. The van der Waals surface area contributed by atoms with Crippen LogP contribution in [0.2, 0.25) is 0 Å². The van der Waals surface area contributed by atoms with Gasteiger partial charge in [-0.3, -0.25) is 33.6 Å². The monoisotopic (exact) mass is 1110 g/mol. The molecule has 3 rings (SSSR count). The summed E-state index contributed by atoms with van der Waals surface area (Å²) in [6.45, 7) is 3.51. The molecule has 0 spiro atoms. The molecule has 2 unspecified atom stereocenters. The molecule has 1 aliphatic rings. The lowest BCUT2D eigenvalue weighted by Gasteiger charge is -2.30. The number of nitrogens with zero attached hydrogens (tertiary/aromatic N) is 2. The first-order valence-corrected chi connectivity index (χ1v) is 26.2. The number of phenols is 2. The highest BCUT2D eigenvalue weighted by Crippen LogP contribution is 2.39. The summed E-state index contributed by atoms with van der Waals surface area (Å²) < 4.78 is 0. The molecular weight excluding hydrogens is 1020 g/mol. The van der Waals surface area contributed by atoms with Crippen molar-refractivity contribution in [2.24, 2.45) is 11.7 Å². The van der Waals surface area contributed by atoms with Crippen molar-refractivity contribution in [3.63, 3.8) is 0 Å². The normalized spacial score (nSPS) is 16.8. The van der Waals surface area contributed by atoms with Crippen LogP contribution in [0.1, 0.15) is 147 Å². The zero-order valence-electron chi connectivity index (χ0n) is 45.0. The van der Waals surface area contributed by atoms with Crippen molar-refractivity contribution in [3.05, 3.63) is 47.5 Å². The number of likely N-dealkylation sites (N-methyl/N-ethyl adjacent to an activating group) is 2. The van der Waals surface area contributed by atoms with E-state index in [0.717, 1.165) is 24.2 Å². The zero-order valence-corrected chi connectivity index (χ0v) is 45.9. The number of carboxylic acid groups (broad SMARTS) is 2. The maximum Gasteiger partial charge on any atom is 0.334 e. The van der Waals surface area contributed by atoms with E-state index in [1.165, 1.54) is 127 Å². The third-order valence-electron chi connectivity index (χ3n) is 13.3. The molecule has 0 fully saturated rings. The summed E-state index contributed by atoms with van der Waals surface area (Å²) >= 11 is 0. The van der Waals surface area contributed by atoms with Crippen molar-refractivity contribution in [3.8, 4) is 22.6 Å². The number of aliphatic carboxylic acids is 2. The summed E-state index contributed by atoms with van der Waals surface area (Å²) in [5.74, 6) is -8.95. The third kappa shape index (κ3) is 23.5. The van der Waals surface area contributed by atoms with Crippen LogP contribution in [0.5, 0.6) is 11.5 Å².